The molecule has 0 bridgehead atoms. The van der Waals surface area contributed by atoms with E-state index in [0.29, 0.717) is 16.1 Å². The van der Waals surface area contributed by atoms with E-state index in [1.54, 1.807) is 42.5 Å². The molecule has 0 aliphatic rings. The summed E-state index contributed by atoms with van der Waals surface area (Å²) in [5.41, 5.74) is 1.60. The molecule has 1 nitrogen and oxygen atoms in total. The van der Waals surface area contributed by atoms with Gasteiger partial charge in [-0.05, 0) is 17.7 Å². The molecule has 0 aliphatic heterocycles. The van der Waals surface area contributed by atoms with E-state index in [1.807, 2.05) is 6.07 Å². The van der Waals surface area contributed by atoms with Crippen molar-refractivity contribution in [3.8, 4) is 17.2 Å². The zero-order valence-electron chi connectivity index (χ0n) is 8.95. The van der Waals surface area contributed by atoms with Crippen LogP contribution in [0.3, 0.4) is 0 Å². The Kier molecular flexibility index (Phi) is 3.41. The van der Waals surface area contributed by atoms with Crippen LogP contribution in [0.4, 0.5) is 4.39 Å². The van der Waals surface area contributed by atoms with Gasteiger partial charge in [0.2, 0.25) is 0 Å². The molecule has 0 unspecified atom stereocenters. The van der Waals surface area contributed by atoms with Crippen LogP contribution in [0, 0.1) is 17.1 Å². The lowest BCUT2D eigenvalue weighted by molar-refractivity contribution is 0.619. The highest BCUT2D eigenvalue weighted by Gasteiger charge is 2.09. The van der Waals surface area contributed by atoms with E-state index < -0.39 is 0 Å². The molecule has 0 spiro atoms. The summed E-state index contributed by atoms with van der Waals surface area (Å²) < 4.78 is 14.1. The maximum absolute atomic E-state index is 14.1. The molecular formula is C14H9ClFN. The van der Waals surface area contributed by atoms with E-state index in [4.69, 9.17) is 16.9 Å². The first-order valence-electron chi connectivity index (χ1n) is 5.12. The molecule has 0 aromatic heterocycles. The predicted molar refractivity (Wildman–Crippen MR) is 66.2 cm³/mol. The van der Waals surface area contributed by atoms with Gasteiger partial charge in [-0.2, -0.15) is 5.26 Å². The van der Waals surface area contributed by atoms with Crippen LogP contribution in [0.1, 0.15) is 5.56 Å². The van der Waals surface area contributed by atoms with Crippen molar-refractivity contribution in [3.63, 3.8) is 0 Å². The van der Waals surface area contributed by atoms with Gasteiger partial charge in [0.25, 0.3) is 0 Å². The topological polar surface area (TPSA) is 23.8 Å². The Morgan fingerprint density at radius 3 is 2.65 bits per heavy atom. The third kappa shape index (κ3) is 2.46. The molecule has 2 aromatic rings. The Morgan fingerprint density at radius 2 is 1.94 bits per heavy atom. The second-order valence-electron chi connectivity index (χ2n) is 3.62. The van der Waals surface area contributed by atoms with Gasteiger partial charge in [-0.15, -0.1) is 0 Å². The summed E-state index contributed by atoms with van der Waals surface area (Å²) in [7, 11) is 0. The van der Waals surface area contributed by atoms with Gasteiger partial charge in [0.05, 0.1) is 12.5 Å². The Labute approximate surface area is 104 Å². The van der Waals surface area contributed by atoms with Crippen molar-refractivity contribution < 1.29 is 4.39 Å². The molecule has 2 aromatic carbocycles. The number of hydrogen-bond donors (Lipinski definition) is 0. The minimum absolute atomic E-state index is 0.0697. The van der Waals surface area contributed by atoms with Crippen molar-refractivity contribution in [1.82, 2.24) is 0 Å². The van der Waals surface area contributed by atoms with Gasteiger partial charge in [0, 0.05) is 16.1 Å². The smallest absolute Gasteiger partial charge is 0.135 e. The average Bonchev–Trinajstić information content (AvgIpc) is 2.32. The van der Waals surface area contributed by atoms with Crippen molar-refractivity contribution in [2.45, 2.75) is 6.42 Å². The number of hydrogen-bond acceptors (Lipinski definition) is 1. The molecule has 0 atom stereocenters. The molecular weight excluding hydrogens is 237 g/mol. The molecule has 0 saturated carbocycles. The van der Waals surface area contributed by atoms with Crippen molar-refractivity contribution >= 4 is 11.6 Å². The molecule has 0 saturated heterocycles. The lowest BCUT2D eigenvalue weighted by Crippen LogP contribution is -1.92. The Hall–Kier alpha value is -1.85. The maximum atomic E-state index is 14.1. The molecule has 0 radical (unpaired) electrons. The van der Waals surface area contributed by atoms with E-state index in [2.05, 4.69) is 0 Å². The summed E-state index contributed by atoms with van der Waals surface area (Å²) in [5, 5.41) is 9.17. The summed E-state index contributed by atoms with van der Waals surface area (Å²) in [5.74, 6) is -0.351. The van der Waals surface area contributed by atoms with Crippen molar-refractivity contribution in [2.75, 3.05) is 0 Å². The summed E-state index contributed by atoms with van der Waals surface area (Å²) in [6, 6.07) is 14.0. The van der Waals surface area contributed by atoms with E-state index >= 15 is 0 Å². The molecule has 84 valence electrons. The minimum Gasteiger partial charge on any atom is -0.206 e. The molecule has 0 aliphatic carbocycles. The van der Waals surface area contributed by atoms with Crippen LogP contribution in [0.2, 0.25) is 5.02 Å². The largest absolute Gasteiger partial charge is 0.206 e. The fourth-order valence-electron chi connectivity index (χ4n) is 1.68. The van der Waals surface area contributed by atoms with Crippen LogP contribution in [-0.2, 0) is 6.42 Å². The van der Waals surface area contributed by atoms with Gasteiger partial charge in [-0.3, -0.25) is 0 Å². The summed E-state index contributed by atoms with van der Waals surface area (Å²) in [6.45, 7) is 0. The first-order valence-corrected chi connectivity index (χ1v) is 5.50. The number of rotatable bonds is 2. The fraction of sp³-hybridized carbons (Fsp3) is 0.0714. The van der Waals surface area contributed by atoms with Crippen LogP contribution in [0.25, 0.3) is 11.1 Å². The number of nitriles is 1. The van der Waals surface area contributed by atoms with Gasteiger partial charge >= 0.3 is 0 Å². The second kappa shape index (κ2) is 4.99. The highest BCUT2D eigenvalue weighted by molar-refractivity contribution is 6.30. The van der Waals surface area contributed by atoms with Gasteiger partial charge in [-0.1, -0.05) is 41.9 Å². The number of halogens is 2. The Balaban J connectivity index is 2.53. The van der Waals surface area contributed by atoms with Crippen molar-refractivity contribution in [2.24, 2.45) is 0 Å². The van der Waals surface area contributed by atoms with Gasteiger partial charge in [-0.25, -0.2) is 4.39 Å². The molecule has 0 heterocycles. The zero-order chi connectivity index (χ0) is 12.3. The minimum atomic E-state index is -0.351. The first kappa shape index (κ1) is 11.6. The van der Waals surface area contributed by atoms with Crippen LogP contribution in [-0.4, -0.2) is 0 Å². The van der Waals surface area contributed by atoms with Crippen molar-refractivity contribution in [3.05, 3.63) is 58.9 Å². The summed E-state index contributed by atoms with van der Waals surface area (Å²) in [6.07, 6.45) is 0.0697. The van der Waals surface area contributed by atoms with Crippen LogP contribution in [0.15, 0.2) is 42.5 Å². The quantitative estimate of drug-likeness (QED) is 0.777. The fourth-order valence-corrected chi connectivity index (χ4v) is 1.87. The lowest BCUT2D eigenvalue weighted by Gasteiger charge is -2.06. The normalized spacial score (nSPS) is 9.94. The van der Waals surface area contributed by atoms with Gasteiger partial charge < -0.3 is 0 Å². The first-order chi connectivity index (χ1) is 8.22. The highest BCUT2D eigenvalue weighted by Crippen LogP contribution is 2.27. The molecule has 17 heavy (non-hydrogen) atoms. The van der Waals surface area contributed by atoms with Crippen LogP contribution < -0.4 is 0 Å². The maximum Gasteiger partial charge on any atom is 0.135 e. The van der Waals surface area contributed by atoms with Gasteiger partial charge in [0.15, 0.2) is 0 Å². The molecule has 2 rings (SSSR count). The number of benzene rings is 2. The molecule has 0 fully saturated rings. The summed E-state index contributed by atoms with van der Waals surface area (Å²) in [4.78, 5) is 0. The molecule has 0 N–H and O–H groups in total. The summed E-state index contributed by atoms with van der Waals surface area (Å²) >= 11 is 5.87. The van der Waals surface area contributed by atoms with E-state index in [1.165, 1.54) is 0 Å². The second-order valence-corrected chi connectivity index (χ2v) is 4.06. The molecule has 0 amide bonds. The number of nitrogens with zero attached hydrogens (tertiary/aromatic N) is 1. The zero-order valence-corrected chi connectivity index (χ0v) is 9.71. The Bertz CT molecular complexity index is 587. The molecule has 3 heteroatoms. The van der Waals surface area contributed by atoms with E-state index in [9.17, 15) is 4.39 Å². The monoisotopic (exact) mass is 245 g/mol. The van der Waals surface area contributed by atoms with Crippen molar-refractivity contribution in [1.29, 1.82) is 5.26 Å². The van der Waals surface area contributed by atoms with Gasteiger partial charge in [0.1, 0.15) is 5.82 Å². The standard InChI is InChI=1S/C14H9ClFN/c15-12-5-1-4-11(9-12)13-6-2-3-10(7-8-17)14(13)16/h1-6,9H,7H2. The predicted octanol–water partition coefficient (Wildman–Crippen LogP) is 4.21. The van der Waals surface area contributed by atoms with E-state index in [0.717, 1.165) is 5.56 Å². The van der Waals surface area contributed by atoms with Crippen LogP contribution >= 0.6 is 11.6 Å². The average molecular weight is 246 g/mol. The van der Waals surface area contributed by atoms with Crippen LogP contribution in [0.5, 0.6) is 0 Å². The highest BCUT2D eigenvalue weighted by atomic mass is 35.5. The third-order valence-corrected chi connectivity index (χ3v) is 2.72. The lowest BCUT2D eigenvalue weighted by atomic mass is 10.0. The van der Waals surface area contributed by atoms with E-state index in [-0.39, 0.29) is 12.2 Å². The third-order valence-electron chi connectivity index (χ3n) is 2.48. The Morgan fingerprint density at radius 1 is 1.18 bits per heavy atom. The SMILES string of the molecule is N#CCc1cccc(-c2cccc(Cl)c2)c1F.